The van der Waals surface area contributed by atoms with Gasteiger partial charge in [0.1, 0.15) is 0 Å². The standard InChI is InChI=1S/C21H26N4O2/c1-4-20(26)24(15-18-11-12-22-25(18)14-16-9-10-16)19-8-6-5-7-17(19)13-21(27)23(2)3/h4-8,11-12,16H,1,9-10,13-15H2,2-3H3. The molecular formula is C21H26N4O2. The zero-order valence-corrected chi connectivity index (χ0v) is 16.0. The fraction of sp³-hybridized carbons (Fsp3) is 0.381. The Bertz CT molecular complexity index is 836. The zero-order valence-electron chi connectivity index (χ0n) is 16.0. The molecule has 3 rings (SSSR count). The van der Waals surface area contributed by atoms with E-state index in [-0.39, 0.29) is 18.2 Å². The molecule has 0 spiro atoms. The minimum absolute atomic E-state index is 0.00720. The molecule has 0 radical (unpaired) electrons. The molecule has 0 atom stereocenters. The van der Waals surface area contributed by atoms with E-state index in [0.29, 0.717) is 12.5 Å². The van der Waals surface area contributed by atoms with Crippen LogP contribution in [-0.4, -0.2) is 40.6 Å². The lowest BCUT2D eigenvalue weighted by Gasteiger charge is -2.25. The smallest absolute Gasteiger partial charge is 0.250 e. The molecule has 1 saturated carbocycles. The molecule has 0 bridgehead atoms. The summed E-state index contributed by atoms with van der Waals surface area (Å²) in [6, 6.07) is 9.47. The lowest BCUT2D eigenvalue weighted by molar-refractivity contribution is -0.128. The van der Waals surface area contributed by atoms with E-state index >= 15 is 0 Å². The molecule has 1 aliphatic carbocycles. The summed E-state index contributed by atoms with van der Waals surface area (Å²) in [6.45, 7) is 4.93. The number of rotatable bonds is 8. The van der Waals surface area contributed by atoms with Crippen molar-refractivity contribution in [3.05, 3.63) is 60.4 Å². The third-order valence-electron chi connectivity index (χ3n) is 4.82. The predicted octanol–water partition coefficient (Wildman–Crippen LogP) is 2.64. The molecule has 2 aromatic rings. The van der Waals surface area contributed by atoms with Crippen molar-refractivity contribution in [3.63, 3.8) is 0 Å². The van der Waals surface area contributed by atoms with Crippen molar-refractivity contribution in [1.82, 2.24) is 14.7 Å². The van der Waals surface area contributed by atoms with Gasteiger partial charge in [-0.3, -0.25) is 14.3 Å². The molecule has 0 N–H and O–H groups in total. The summed E-state index contributed by atoms with van der Waals surface area (Å²) in [5.74, 6) is 0.489. The fourth-order valence-corrected chi connectivity index (χ4v) is 3.00. The molecule has 0 unspecified atom stereocenters. The molecule has 6 nitrogen and oxygen atoms in total. The van der Waals surface area contributed by atoms with Gasteiger partial charge in [0.2, 0.25) is 5.91 Å². The van der Waals surface area contributed by atoms with Crippen LogP contribution in [0.3, 0.4) is 0 Å². The second-order valence-electron chi connectivity index (χ2n) is 7.17. The van der Waals surface area contributed by atoms with Crippen LogP contribution < -0.4 is 4.90 Å². The Labute approximate surface area is 160 Å². The fourth-order valence-electron chi connectivity index (χ4n) is 3.00. The van der Waals surface area contributed by atoms with E-state index in [1.807, 2.05) is 35.0 Å². The van der Waals surface area contributed by atoms with Crippen LogP contribution in [-0.2, 0) is 29.1 Å². The second-order valence-corrected chi connectivity index (χ2v) is 7.17. The monoisotopic (exact) mass is 366 g/mol. The summed E-state index contributed by atoms with van der Waals surface area (Å²) in [7, 11) is 3.46. The molecule has 1 aromatic heterocycles. The maximum Gasteiger partial charge on any atom is 0.250 e. The van der Waals surface area contributed by atoms with E-state index in [1.54, 1.807) is 30.1 Å². The van der Waals surface area contributed by atoms with Crippen molar-refractivity contribution in [3.8, 4) is 0 Å². The Morgan fingerprint density at radius 3 is 2.67 bits per heavy atom. The van der Waals surface area contributed by atoms with Crippen molar-refractivity contribution in [2.24, 2.45) is 5.92 Å². The van der Waals surface area contributed by atoms with Crippen LogP contribution in [0.1, 0.15) is 24.1 Å². The number of aromatic nitrogens is 2. The van der Waals surface area contributed by atoms with Crippen molar-refractivity contribution in [2.45, 2.75) is 32.4 Å². The molecule has 0 saturated heterocycles. The molecule has 1 aliphatic rings. The van der Waals surface area contributed by atoms with E-state index in [4.69, 9.17) is 0 Å². The minimum Gasteiger partial charge on any atom is -0.349 e. The summed E-state index contributed by atoms with van der Waals surface area (Å²) >= 11 is 0. The highest BCUT2D eigenvalue weighted by molar-refractivity contribution is 6.01. The number of amides is 2. The second kappa shape index (κ2) is 8.20. The first-order valence-corrected chi connectivity index (χ1v) is 9.22. The van der Waals surface area contributed by atoms with Crippen LogP contribution in [0.15, 0.2) is 49.2 Å². The predicted molar refractivity (Wildman–Crippen MR) is 105 cm³/mol. The van der Waals surface area contributed by atoms with Crippen molar-refractivity contribution >= 4 is 17.5 Å². The van der Waals surface area contributed by atoms with Crippen molar-refractivity contribution in [2.75, 3.05) is 19.0 Å². The van der Waals surface area contributed by atoms with Crippen LogP contribution in [0.25, 0.3) is 0 Å². The number of hydrogen-bond donors (Lipinski definition) is 0. The Kier molecular flexibility index (Phi) is 5.74. The van der Waals surface area contributed by atoms with E-state index < -0.39 is 0 Å². The summed E-state index contributed by atoms with van der Waals surface area (Å²) in [5.41, 5.74) is 2.53. The van der Waals surface area contributed by atoms with Crippen LogP contribution in [0, 0.1) is 5.92 Å². The highest BCUT2D eigenvalue weighted by Crippen LogP contribution is 2.31. The number of para-hydroxylation sites is 1. The molecule has 0 aliphatic heterocycles. The molecule has 2 amide bonds. The van der Waals surface area contributed by atoms with Gasteiger partial charge in [-0.15, -0.1) is 0 Å². The SMILES string of the molecule is C=CC(=O)N(Cc1ccnn1CC1CC1)c1ccccc1CC(=O)N(C)C. The van der Waals surface area contributed by atoms with Gasteiger partial charge in [0.15, 0.2) is 0 Å². The minimum atomic E-state index is -0.195. The normalized spacial score (nSPS) is 13.3. The van der Waals surface area contributed by atoms with Crippen LogP contribution in [0.5, 0.6) is 0 Å². The van der Waals surface area contributed by atoms with Crippen LogP contribution in [0.4, 0.5) is 5.69 Å². The van der Waals surface area contributed by atoms with Gasteiger partial charge in [0.05, 0.1) is 18.7 Å². The maximum absolute atomic E-state index is 12.6. The zero-order chi connectivity index (χ0) is 19.4. The molecule has 142 valence electrons. The molecule has 6 heteroatoms. The van der Waals surface area contributed by atoms with Gasteiger partial charge in [-0.2, -0.15) is 5.10 Å². The van der Waals surface area contributed by atoms with Gasteiger partial charge < -0.3 is 9.80 Å². The Hall–Kier alpha value is -2.89. The number of likely N-dealkylation sites (N-methyl/N-ethyl adjacent to an activating group) is 1. The van der Waals surface area contributed by atoms with Crippen molar-refractivity contribution < 1.29 is 9.59 Å². The lowest BCUT2D eigenvalue weighted by atomic mass is 10.1. The van der Waals surface area contributed by atoms with Gasteiger partial charge in [-0.05, 0) is 42.5 Å². The quantitative estimate of drug-likeness (QED) is 0.675. The topological polar surface area (TPSA) is 58.4 Å². The Morgan fingerprint density at radius 1 is 1.26 bits per heavy atom. The van der Waals surface area contributed by atoms with Gasteiger partial charge in [-0.1, -0.05) is 24.8 Å². The van der Waals surface area contributed by atoms with Gasteiger partial charge in [0, 0.05) is 32.5 Å². The van der Waals surface area contributed by atoms with E-state index in [2.05, 4.69) is 11.7 Å². The largest absolute Gasteiger partial charge is 0.349 e. The first kappa shape index (κ1) is 18.9. The number of carbonyl (C=O) groups excluding carboxylic acids is 2. The first-order valence-electron chi connectivity index (χ1n) is 9.22. The number of anilines is 1. The highest BCUT2D eigenvalue weighted by atomic mass is 16.2. The Morgan fingerprint density at radius 2 is 2.00 bits per heavy atom. The number of benzene rings is 1. The third-order valence-corrected chi connectivity index (χ3v) is 4.82. The molecular weight excluding hydrogens is 340 g/mol. The van der Waals surface area contributed by atoms with E-state index in [9.17, 15) is 9.59 Å². The molecule has 1 heterocycles. The number of hydrogen-bond acceptors (Lipinski definition) is 3. The average molecular weight is 366 g/mol. The summed E-state index contributed by atoms with van der Waals surface area (Å²) in [4.78, 5) is 28.1. The number of carbonyl (C=O) groups is 2. The van der Waals surface area contributed by atoms with Crippen LogP contribution >= 0.6 is 0 Å². The van der Waals surface area contributed by atoms with Gasteiger partial charge >= 0.3 is 0 Å². The third kappa shape index (κ3) is 4.64. The molecule has 1 fully saturated rings. The first-order chi connectivity index (χ1) is 13.0. The Balaban J connectivity index is 1.89. The van der Waals surface area contributed by atoms with Crippen LogP contribution in [0.2, 0.25) is 0 Å². The maximum atomic E-state index is 12.6. The summed E-state index contributed by atoms with van der Waals surface area (Å²) < 4.78 is 1.98. The number of nitrogens with zero attached hydrogens (tertiary/aromatic N) is 4. The summed E-state index contributed by atoms with van der Waals surface area (Å²) in [6.07, 6.45) is 5.81. The average Bonchev–Trinajstić information content (AvgIpc) is 3.37. The van der Waals surface area contributed by atoms with E-state index in [1.165, 1.54) is 18.9 Å². The lowest BCUT2D eigenvalue weighted by Crippen LogP contribution is -2.32. The highest BCUT2D eigenvalue weighted by Gasteiger charge is 2.24. The van der Waals surface area contributed by atoms with Crippen molar-refractivity contribution in [1.29, 1.82) is 0 Å². The van der Waals surface area contributed by atoms with Gasteiger partial charge in [0.25, 0.3) is 5.91 Å². The van der Waals surface area contributed by atoms with Gasteiger partial charge in [-0.25, -0.2) is 0 Å². The van der Waals surface area contributed by atoms with E-state index in [0.717, 1.165) is 23.5 Å². The summed E-state index contributed by atoms with van der Waals surface area (Å²) in [5, 5.41) is 4.41. The molecule has 1 aromatic carbocycles. The molecule has 27 heavy (non-hydrogen) atoms.